The predicted molar refractivity (Wildman–Crippen MR) is 61.5 cm³/mol. The van der Waals surface area contributed by atoms with Crippen LogP contribution in [-0.4, -0.2) is 34.8 Å². The van der Waals surface area contributed by atoms with Gasteiger partial charge in [-0.25, -0.2) is 10.3 Å². The van der Waals surface area contributed by atoms with E-state index in [2.05, 4.69) is 5.32 Å². The third kappa shape index (κ3) is 7.44. The monoisotopic (exact) mass is 261 g/mol. The van der Waals surface area contributed by atoms with Crippen LogP contribution in [0.2, 0.25) is 0 Å². The van der Waals surface area contributed by atoms with E-state index in [1.54, 1.807) is 20.8 Å². The molecule has 0 aromatic carbocycles. The Hall–Kier alpha value is -1.83. The molecule has 0 heterocycles. The van der Waals surface area contributed by atoms with Crippen molar-refractivity contribution in [2.45, 2.75) is 45.3 Å². The van der Waals surface area contributed by atoms with Crippen molar-refractivity contribution in [1.29, 1.82) is 0 Å². The van der Waals surface area contributed by atoms with Crippen LogP contribution in [0, 0.1) is 0 Å². The molecule has 0 saturated heterocycles. The number of rotatable bonds is 5. The molecule has 3 amide bonds. The van der Waals surface area contributed by atoms with Gasteiger partial charge in [0.2, 0.25) is 5.91 Å². The minimum atomic E-state index is -1.09. The van der Waals surface area contributed by atoms with Crippen LogP contribution < -0.4 is 16.5 Å². The number of hydrogen-bond donors (Lipinski definition) is 4. The lowest BCUT2D eigenvalue weighted by molar-refractivity contribution is -0.131. The molecule has 0 saturated carbocycles. The van der Waals surface area contributed by atoms with Crippen LogP contribution in [0.3, 0.4) is 0 Å². The van der Waals surface area contributed by atoms with E-state index >= 15 is 0 Å². The van der Waals surface area contributed by atoms with Crippen molar-refractivity contribution < 1.29 is 24.3 Å². The molecule has 8 nitrogen and oxygen atoms in total. The summed E-state index contributed by atoms with van der Waals surface area (Å²) in [6.45, 7) is 4.99. The number of amides is 3. The molecule has 0 radical (unpaired) electrons. The van der Waals surface area contributed by atoms with Gasteiger partial charge in [-0.1, -0.05) is 0 Å². The number of primary amides is 1. The fraction of sp³-hybridized carbons (Fsp3) is 0.700. The van der Waals surface area contributed by atoms with Crippen LogP contribution in [0.25, 0.3) is 0 Å². The molecular formula is C10H19N3O5. The standard InChI is InChI=1S/C10H19N3O5/c1-10(2,3)18-9(16)12-6(8(15)13-17)4-5-7(11)14/h6,17H,4-5H2,1-3H3,(H2,11,14)(H,12,16)(H,13,15)/t6-/m0/s1. The van der Waals surface area contributed by atoms with Crippen LogP contribution in [-0.2, 0) is 14.3 Å². The molecule has 0 aliphatic carbocycles. The van der Waals surface area contributed by atoms with E-state index in [1.807, 2.05) is 0 Å². The van der Waals surface area contributed by atoms with E-state index in [1.165, 1.54) is 5.48 Å². The first-order valence-corrected chi connectivity index (χ1v) is 5.37. The molecule has 0 bridgehead atoms. The second-order valence-corrected chi connectivity index (χ2v) is 4.68. The number of nitrogens with one attached hydrogen (secondary N) is 2. The summed E-state index contributed by atoms with van der Waals surface area (Å²) in [5.74, 6) is -1.46. The number of carbonyl (C=O) groups excluding carboxylic acids is 3. The van der Waals surface area contributed by atoms with Crippen LogP contribution in [0.15, 0.2) is 0 Å². The molecule has 0 rings (SSSR count). The van der Waals surface area contributed by atoms with Crippen molar-refractivity contribution in [3.05, 3.63) is 0 Å². The molecule has 0 aliphatic heterocycles. The summed E-state index contributed by atoms with van der Waals surface area (Å²) < 4.78 is 4.94. The van der Waals surface area contributed by atoms with Crippen molar-refractivity contribution >= 4 is 17.9 Å². The fourth-order valence-corrected chi connectivity index (χ4v) is 1.08. The van der Waals surface area contributed by atoms with E-state index in [0.29, 0.717) is 0 Å². The van der Waals surface area contributed by atoms with Crippen LogP contribution in [0.4, 0.5) is 4.79 Å². The Kier molecular flexibility index (Phi) is 6.11. The second kappa shape index (κ2) is 6.80. The number of carbonyl (C=O) groups is 3. The minimum absolute atomic E-state index is 0.0268. The van der Waals surface area contributed by atoms with Crippen LogP contribution >= 0.6 is 0 Å². The number of hydroxylamine groups is 1. The summed E-state index contributed by atoms with van der Waals surface area (Å²) in [6, 6.07) is -1.09. The zero-order valence-electron chi connectivity index (χ0n) is 10.6. The summed E-state index contributed by atoms with van der Waals surface area (Å²) in [7, 11) is 0. The van der Waals surface area contributed by atoms with Gasteiger partial charge in [0.25, 0.3) is 5.91 Å². The van der Waals surface area contributed by atoms with Crippen LogP contribution in [0.1, 0.15) is 33.6 Å². The van der Waals surface area contributed by atoms with Crippen molar-refractivity contribution in [1.82, 2.24) is 10.8 Å². The number of hydrogen-bond acceptors (Lipinski definition) is 5. The summed E-state index contributed by atoms with van der Waals surface area (Å²) in [6.07, 6.45) is -0.949. The highest BCUT2D eigenvalue weighted by atomic mass is 16.6. The maximum Gasteiger partial charge on any atom is 0.408 e. The van der Waals surface area contributed by atoms with Crippen molar-refractivity contribution in [2.75, 3.05) is 0 Å². The highest BCUT2D eigenvalue weighted by Crippen LogP contribution is 2.07. The SMILES string of the molecule is CC(C)(C)OC(=O)N[C@@H](CCC(N)=O)C(=O)NO. The first-order valence-electron chi connectivity index (χ1n) is 5.37. The Morgan fingerprint density at radius 3 is 2.28 bits per heavy atom. The first kappa shape index (κ1) is 16.2. The Bertz CT molecular complexity index is 324. The van der Waals surface area contributed by atoms with Gasteiger partial charge in [0.15, 0.2) is 0 Å². The van der Waals surface area contributed by atoms with Gasteiger partial charge in [0, 0.05) is 6.42 Å². The predicted octanol–water partition coefficient (Wildman–Crippen LogP) is -0.349. The Morgan fingerprint density at radius 1 is 1.33 bits per heavy atom. The quantitative estimate of drug-likeness (QED) is 0.397. The smallest absolute Gasteiger partial charge is 0.408 e. The normalized spacial score (nSPS) is 12.4. The van der Waals surface area contributed by atoms with Gasteiger partial charge in [0.05, 0.1) is 0 Å². The zero-order valence-corrected chi connectivity index (χ0v) is 10.6. The maximum absolute atomic E-state index is 11.4. The van der Waals surface area contributed by atoms with E-state index < -0.39 is 29.6 Å². The topological polar surface area (TPSA) is 131 Å². The largest absolute Gasteiger partial charge is 0.444 e. The van der Waals surface area contributed by atoms with Gasteiger partial charge in [-0.2, -0.15) is 0 Å². The lowest BCUT2D eigenvalue weighted by Crippen LogP contribution is -2.47. The highest BCUT2D eigenvalue weighted by molar-refractivity contribution is 5.85. The third-order valence-electron chi connectivity index (χ3n) is 1.80. The molecule has 0 aromatic heterocycles. The summed E-state index contributed by atoms with van der Waals surface area (Å²) in [5, 5.41) is 10.7. The van der Waals surface area contributed by atoms with Crippen molar-refractivity contribution in [2.24, 2.45) is 5.73 Å². The van der Waals surface area contributed by atoms with Gasteiger partial charge >= 0.3 is 6.09 Å². The van der Waals surface area contributed by atoms with E-state index in [4.69, 9.17) is 15.7 Å². The minimum Gasteiger partial charge on any atom is -0.444 e. The molecule has 104 valence electrons. The van der Waals surface area contributed by atoms with Gasteiger partial charge in [0.1, 0.15) is 11.6 Å². The molecule has 0 unspecified atom stereocenters. The molecule has 8 heteroatoms. The molecule has 1 atom stereocenters. The summed E-state index contributed by atoms with van der Waals surface area (Å²) in [4.78, 5) is 33.3. The van der Waals surface area contributed by atoms with E-state index in [9.17, 15) is 14.4 Å². The Morgan fingerprint density at radius 2 is 1.89 bits per heavy atom. The molecule has 0 spiro atoms. The summed E-state index contributed by atoms with van der Waals surface area (Å²) >= 11 is 0. The lowest BCUT2D eigenvalue weighted by Gasteiger charge is -2.22. The maximum atomic E-state index is 11.4. The average Bonchev–Trinajstić information content (AvgIpc) is 2.20. The second-order valence-electron chi connectivity index (χ2n) is 4.68. The molecule has 5 N–H and O–H groups in total. The molecular weight excluding hydrogens is 242 g/mol. The lowest BCUT2D eigenvalue weighted by atomic mass is 10.1. The summed E-state index contributed by atoms with van der Waals surface area (Å²) in [5.41, 5.74) is 5.62. The van der Waals surface area contributed by atoms with E-state index in [0.717, 1.165) is 0 Å². The van der Waals surface area contributed by atoms with Crippen molar-refractivity contribution in [3.8, 4) is 0 Å². The molecule has 0 aromatic rings. The molecule has 0 aliphatic rings. The third-order valence-corrected chi connectivity index (χ3v) is 1.80. The Labute approximate surface area is 105 Å². The van der Waals surface area contributed by atoms with E-state index in [-0.39, 0.29) is 12.8 Å². The number of alkyl carbamates (subject to hydrolysis) is 1. The van der Waals surface area contributed by atoms with Gasteiger partial charge in [-0.05, 0) is 27.2 Å². The Balaban J connectivity index is 4.45. The first-order chi connectivity index (χ1) is 8.15. The number of nitrogens with two attached hydrogens (primary N) is 1. The van der Waals surface area contributed by atoms with Crippen molar-refractivity contribution in [3.63, 3.8) is 0 Å². The highest BCUT2D eigenvalue weighted by Gasteiger charge is 2.24. The van der Waals surface area contributed by atoms with Crippen LogP contribution in [0.5, 0.6) is 0 Å². The van der Waals surface area contributed by atoms with Gasteiger partial charge in [-0.3, -0.25) is 14.8 Å². The molecule has 18 heavy (non-hydrogen) atoms. The van der Waals surface area contributed by atoms with Gasteiger partial charge in [-0.15, -0.1) is 0 Å². The zero-order chi connectivity index (χ0) is 14.3. The number of ether oxygens (including phenoxy) is 1. The molecule has 0 fully saturated rings. The average molecular weight is 261 g/mol. The van der Waals surface area contributed by atoms with Gasteiger partial charge < -0.3 is 15.8 Å². The fourth-order valence-electron chi connectivity index (χ4n) is 1.08.